The lowest BCUT2D eigenvalue weighted by Crippen LogP contribution is -2.27. The molecule has 1 rings (SSSR count). The molecule has 0 fully saturated rings. The summed E-state index contributed by atoms with van der Waals surface area (Å²) in [6.07, 6.45) is 0.00342. The van der Waals surface area contributed by atoms with E-state index in [0.717, 1.165) is 5.56 Å². The average Bonchev–Trinajstić information content (AvgIpc) is 2.36. The van der Waals surface area contributed by atoms with Gasteiger partial charge in [-0.15, -0.1) is 0 Å². The number of hydrogen-bond acceptors (Lipinski definition) is 5. The van der Waals surface area contributed by atoms with E-state index in [1.54, 1.807) is 31.4 Å². The van der Waals surface area contributed by atoms with Crippen LogP contribution < -0.4 is 9.46 Å². The van der Waals surface area contributed by atoms with Gasteiger partial charge in [0.2, 0.25) is 0 Å². The summed E-state index contributed by atoms with van der Waals surface area (Å²) < 4.78 is 34.0. The van der Waals surface area contributed by atoms with Crippen molar-refractivity contribution < 1.29 is 22.1 Å². The number of methoxy groups -OCH3 is 1. The number of rotatable bonds is 6. The van der Waals surface area contributed by atoms with Crippen molar-refractivity contribution in [2.45, 2.75) is 19.9 Å². The first-order chi connectivity index (χ1) is 8.46. The normalized spacial score (nSPS) is 11.0. The van der Waals surface area contributed by atoms with Gasteiger partial charge in [0.1, 0.15) is 5.75 Å². The quantitative estimate of drug-likeness (QED) is 0.835. The highest BCUT2D eigenvalue weighted by Gasteiger charge is 2.14. The summed E-state index contributed by atoms with van der Waals surface area (Å²) in [5.74, 6) is -0.115. The molecule has 0 aromatic heterocycles. The van der Waals surface area contributed by atoms with E-state index in [4.69, 9.17) is 4.74 Å². The van der Waals surface area contributed by atoms with Gasteiger partial charge in [0.15, 0.2) is 0 Å². The summed E-state index contributed by atoms with van der Waals surface area (Å²) in [5.41, 5.74) is 0.729. The van der Waals surface area contributed by atoms with Crippen molar-refractivity contribution in [3.05, 3.63) is 29.8 Å². The van der Waals surface area contributed by atoms with E-state index in [-0.39, 0.29) is 13.0 Å². The standard InChI is InChI=1S/C11H15NO5S/c1-3-11(13)17-18(14,15)12-8-9-4-6-10(16-2)7-5-9/h4-7,12H,3,8H2,1-2H3. The molecule has 100 valence electrons. The first-order valence-electron chi connectivity index (χ1n) is 5.31. The van der Waals surface area contributed by atoms with E-state index < -0.39 is 16.3 Å². The fourth-order valence-corrected chi connectivity index (χ4v) is 1.89. The van der Waals surface area contributed by atoms with Crippen LogP contribution in [-0.2, 0) is 25.8 Å². The SMILES string of the molecule is CCC(=O)OS(=O)(=O)NCc1ccc(OC)cc1. The molecule has 18 heavy (non-hydrogen) atoms. The van der Waals surface area contributed by atoms with Crippen LogP contribution in [0.2, 0.25) is 0 Å². The number of ether oxygens (including phenoxy) is 1. The molecule has 7 heteroatoms. The maximum absolute atomic E-state index is 11.3. The summed E-state index contributed by atoms with van der Waals surface area (Å²) >= 11 is 0. The largest absolute Gasteiger partial charge is 0.497 e. The first-order valence-corrected chi connectivity index (χ1v) is 6.72. The molecule has 1 N–H and O–H groups in total. The van der Waals surface area contributed by atoms with Crippen molar-refractivity contribution in [2.75, 3.05) is 7.11 Å². The highest BCUT2D eigenvalue weighted by atomic mass is 32.2. The molecule has 0 radical (unpaired) electrons. The van der Waals surface area contributed by atoms with E-state index in [0.29, 0.717) is 5.75 Å². The predicted octanol–water partition coefficient (Wildman–Crippen LogP) is 0.983. The zero-order valence-electron chi connectivity index (χ0n) is 10.2. The van der Waals surface area contributed by atoms with Gasteiger partial charge in [0, 0.05) is 13.0 Å². The van der Waals surface area contributed by atoms with Crippen LogP contribution in [-0.4, -0.2) is 21.5 Å². The van der Waals surface area contributed by atoms with E-state index in [2.05, 4.69) is 8.91 Å². The number of carbonyl (C=O) groups excluding carboxylic acids is 1. The molecule has 0 atom stereocenters. The maximum atomic E-state index is 11.3. The Labute approximate surface area is 106 Å². The van der Waals surface area contributed by atoms with E-state index in [1.807, 2.05) is 0 Å². The molecule has 6 nitrogen and oxygen atoms in total. The summed E-state index contributed by atoms with van der Waals surface area (Å²) in [5, 5.41) is 0. The van der Waals surface area contributed by atoms with Gasteiger partial charge >= 0.3 is 16.3 Å². The van der Waals surface area contributed by atoms with Crippen molar-refractivity contribution in [3.63, 3.8) is 0 Å². The van der Waals surface area contributed by atoms with Gasteiger partial charge < -0.3 is 8.92 Å². The van der Waals surface area contributed by atoms with Crippen LogP contribution in [0.5, 0.6) is 5.75 Å². The molecule has 0 spiro atoms. The van der Waals surface area contributed by atoms with Crippen LogP contribution in [0.1, 0.15) is 18.9 Å². The molecule has 0 aliphatic carbocycles. The van der Waals surface area contributed by atoms with Gasteiger partial charge in [-0.25, -0.2) is 0 Å². The number of nitrogens with one attached hydrogen (secondary N) is 1. The topological polar surface area (TPSA) is 81.7 Å². The van der Waals surface area contributed by atoms with Crippen LogP contribution in [0, 0.1) is 0 Å². The highest BCUT2D eigenvalue weighted by Crippen LogP contribution is 2.11. The Kier molecular flexibility index (Phi) is 5.11. The van der Waals surface area contributed by atoms with Gasteiger partial charge in [0.05, 0.1) is 7.11 Å². The molecule has 1 aromatic carbocycles. The third-order valence-corrected chi connectivity index (χ3v) is 3.01. The third-order valence-electron chi connectivity index (χ3n) is 2.10. The Hall–Kier alpha value is -1.60. The Balaban J connectivity index is 2.56. The minimum atomic E-state index is -4.04. The van der Waals surface area contributed by atoms with Crippen molar-refractivity contribution >= 4 is 16.3 Å². The Morgan fingerprint density at radius 3 is 2.39 bits per heavy atom. The molecule has 0 saturated heterocycles. The van der Waals surface area contributed by atoms with Gasteiger partial charge in [-0.05, 0) is 17.7 Å². The van der Waals surface area contributed by atoms with Gasteiger partial charge in [-0.1, -0.05) is 19.1 Å². The summed E-state index contributed by atoms with van der Waals surface area (Å²) in [7, 11) is -2.49. The van der Waals surface area contributed by atoms with Crippen molar-refractivity contribution in [2.24, 2.45) is 0 Å². The molecule has 0 unspecified atom stereocenters. The van der Waals surface area contributed by atoms with Crippen LogP contribution in [0.3, 0.4) is 0 Å². The second-order valence-electron chi connectivity index (χ2n) is 3.43. The smallest absolute Gasteiger partial charge is 0.385 e. The second kappa shape index (κ2) is 6.36. The first kappa shape index (κ1) is 14.5. The lowest BCUT2D eigenvalue weighted by atomic mass is 10.2. The van der Waals surface area contributed by atoms with Gasteiger partial charge in [0.25, 0.3) is 0 Å². The van der Waals surface area contributed by atoms with Crippen LogP contribution >= 0.6 is 0 Å². The zero-order chi connectivity index (χ0) is 13.6. The Morgan fingerprint density at radius 1 is 1.28 bits per heavy atom. The Bertz CT molecular complexity index is 495. The summed E-state index contributed by atoms with van der Waals surface area (Å²) in [4.78, 5) is 10.9. The monoisotopic (exact) mass is 273 g/mol. The molecule has 0 saturated carbocycles. The Morgan fingerprint density at radius 2 is 1.89 bits per heavy atom. The van der Waals surface area contributed by atoms with Crippen molar-refractivity contribution in [1.29, 1.82) is 0 Å². The fraction of sp³-hybridized carbons (Fsp3) is 0.364. The fourth-order valence-electron chi connectivity index (χ4n) is 1.13. The predicted molar refractivity (Wildman–Crippen MR) is 65.1 cm³/mol. The number of hydrogen-bond donors (Lipinski definition) is 1. The molecular formula is C11H15NO5S. The number of benzene rings is 1. The maximum Gasteiger partial charge on any atom is 0.385 e. The van der Waals surface area contributed by atoms with Gasteiger partial charge in [-0.3, -0.25) is 4.79 Å². The van der Waals surface area contributed by atoms with Gasteiger partial charge in [-0.2, -0.15) is 13.1 Å². The lowest BCUT2D eigenvalue weighted by molar-refractivity contribution is -0.133. The second-order valence-corrected chi connectivity index (χ2v) is 4.80. The van der Waals surface area contributed by atoms with E-state index in [9.17, 15) is 13.2 Å². The molecule has 0 heterocycles. The van der Waals surface area contributed by atoms with Crippen molar-refractivity contribution in [1.82, 2.24) is 4.72 Å². The third kappa shape index (κ3) is 4.72. The van der Waals surface area contributed by atoms with Crippen LogP contribution in [0.4, 0.5) is 0 Å². The van der Waals surface area contributed by atoms with Crippen LogP contribution in [0.15, 0.2) is 24.3 Å². The lowest BCUT2D eigenvalue weighted by Gasteiger charge is -2.06. The van der Waals surface area contributed by atoms with Crippen LogP contribution in [0.25, 0.3) is 0 Å². The highest BCUT2D eigenvalue weighted by molar-refractivity contribution is 7.85. The average molecular weight is 273 g/mol. The molecule has 1 aromatic rings. The number of carbonyl (C=O) groups is 1. The molecule has 0 amide bonds. The minimum Gasteiger partial charge on any atom is -0.497 e. The van der Waals surface area contributed by atoms with E-state index >= 15 is 0 Å². The molecule has 0 aliphatic rings. The minimum absolute atomic E-state index is 0.00342. The van der Waals surface area contributed by atoms with E-state index in [1.165, 1.54) is 6.92 Å². The summed E-state index contributed by atoms with van der Waals surface area (Å²) in [6, 6.07) is 6.84. The molecule has 0 aliphatic heterocycles. The molecular weight excluding hydrogens is 258 g/mol. The van der Waals surface area contributed by atoms with Crippen molar-refractivity contribution in [3.8, 4) is 5.75 Å². The zero-order valence-corrected chi connectivity index (χ0v) is 11.0. The summed E-state index contributed by atoms with van der Waals surface area (Å²) in [6.45, 7) is 1.56. The molecule has 0 bridgehead atoms.